The van der Waals surface area contributed by atoms with E-state index in [4.69, 9.17) is 14.2 Å². The summed E-state index contributed by atoms with van der Waals surface area (Å²) in [7, 11) is 0. The lowest BCUT2D eigenvalue weighted by molar-refractivity contribution is -0.167. The van der Waals surface area contributed by atoms with Gasteiger partial charge in [-0.15, -0.1) is 0 Å². The van der Waals surface area contributed by atoms with Crippen LogP contribution in [0.1, 0.15) is 226 Å². The average Bonchev–Trinajstić information content (AvgIpc) is 3.15. The fraction of sp³-hybridized carbons (Fsp3) is 0.809. The van der Waals surface area contributed by atoms with Crippen molar-refractivity contribution < 1.29 is 28.6 Å². The molecular weight excluding hydrogens is 661 g/mol. The quantitative estimate of drug-likeness (QED) is 0.0269. The van der Waals surface area contributed by atoms with E-state index in [1.54, 1.807) is 0 Å². The van der Waals surface area contributed by atoms with E-state index in [2.05, 4.69) is 57.2 Å². The van der Waals surface area contributed by atoms with E-state index in [0.717, 1.165) is 64.2 Å². The number of carbonyl (C=O) groups excluding carboxylic acids is 3. The molecule has 6 heteroatoms. The van der Waals surface area contributed by atoms with Crippen LogP contribution in [0.4, 0.5) is 0 Å². The van der Waals surface area contributed by atoms with E-state index in [0.29, 0.717) is 19.3 Å². The van der Waals surface area contributed by atoms with Crippen LogP contribution in [0.2, 0.25) is 0 Å². The van der Waals surface area contributed by atoms with E-state index < -0.39 is 6.10 Å². The van der Waals surface area contributed by atoms with Crippen LogP contribution in [0.5, 0.6) is 0 Å². The van der Waals surface area contributed by atoms with Crippen LogP contribution in [-0.4, -0.2) is 37.2 Å². The number of ether oxygens (including phenoxy) is 3. The molecule has 0 N–H and O–H groups in total. The van der Waals surface area contributed by atoms with Gasteiger partial charge in [-0.1, -0.05) is 198 Å². The Morgan fingerprint density at radius 1 is 0.396 bits per heavy atom. The first-order chi connectivity index (χ1) is 26.0. The molecule has 6 nitrogen and oxygen atoms in total. The zero-order valence-corrected chi connectivity index (χ0v) is 35.0. The SMILES string of the molecule is CC/C=C\C/C=C\C/C=C\CCCC(=O)OC(COC(=O)CCCCCCCCCCCCC)COC(=O)CCCCCCCCCCCCCCC. The largest absolute Gasteiger partial charge is 0.462 e. The third-order valence-electron chi connectivity index (χ3n) is 9.66. The van der Waals surface area contributed by atoms with Crippen molar-refractivity contribution in [1.82, 2.24) is 0 Å². The Morgan fingerprint density at radius 2 is 0.736 bits per heavy atom. The van der Waals surface area contributed by atoms with Gasteiger partial charge < -0.3 is 14.2 Å². The molecule has 0 bridgehead atoms. The Morgan fingerprint density at radius 3 is 1.13 bits per heavy atom. The van der Waals surface area contributed by atoms with E-state index in [1.807, 2.05) is 0 Å². The van der Waals surface area contributed by atoms with Crippen LogP contribution in [-0.2, 0) is 28.6 Å². The van der Waals surface area contributed by atoms with Gasteiger partial charge in [-0.3, -0.25) is 14.4 Å². The fourth-order valence-electron chi connectivity index (χ4n) is 6.29. The summed E-state index contributed by atoms with van der Waals surface area (Å²) in [6.07, 6.45) is 47.0. The maximum Gasteiger partial charge on any atom is 0.306 e. The Balaban J connectivity index is 4.40. The molecule has 0 amide bonds. The molecule has 1 unspecified atom stereocenters. The second-order valence-corrected chi connectivity index (χ2v) is 14.9. The first-order valence-corrected chi connectivity index (χ1v) is 22.5. The van der Waals surface area contributed by atoms with Crippen LogP contribution in [0.3, 0.4) is 0 Å². The summed E-state index contributed by atoms with van der Waals surface area (Å²) in [5, 5.41) is 0. The Hall–Kier alpha value is -2.37. The number of rotatable bonds is 40. The minimum Gasteiger partial charge on any atom is -0.462 e. The van der Waals surface area contributed by atoms with Crippen molar-refractivity contribution >= 4 is 17.9 Å². The molecule has 0 rings (SSSR count). The van der Waals surface area contributed by atoms with E-state index in [-0.39, 0.29) is 37.5 Å². The van der Waals surface area contributed by atoms with Crippen molar-refractivity contribution in [2.24, 2.45) is 0 Å². The molecule has 0 aromatic rings. The summed E-state index contributed by atoms with van der Waals surface area (Å²) >= 11 is 0. The predicted molar refractivity (Wildman–Crippen MR) is 224 cm³/mol. The highest BCUT2D eigenvalue weighted by Crippen LogP contribution is 2.15. The standard InChI is InChI=1S/C47H84O6/c1-4-7-10-13-16-19-22-23-26-28-31-34-37-40-46(49)52-43-44(53-47(50)41-38-35-32-29-25-21-18-15-12-9-6-3)42-51-45(48)39-36-33-30-27-24-20-17-14-11-8-5-2/h9,12,18,21,29,32,44H,4-8,10-11,13-17,19-20,22-28,30-31,33-43H2,1-3H3/b12-9-,21-18-,32-29-. The lowest BCUT2D eigenvalue weighted by Crippen LogP contribution is -2.30. The third-order valence-corrected chi connectivity index (χ3v) is 9.66. The van der Waals surface area contributed by atoms with Gasteiger partial charge in [-0.25, -0.2) is 0 Å². The van der Waals surface area contributed by atoms with Gasteiger partial charge in [0, 0.05) is 19.3 Å². The summed E-state index contributed by atoms with van der Waals surface area (Å²) in [5.74, 6) is -0.942. The Labute approximate surface area is 327 Å². The van der Waals surface area contributed by atoms with E-state index in [9.17, 15) is 14.4 Å². The van der Waals surface area contributed by atoms with Gasteiger partial charge in [-0.05, 0) is 44.9 Å². The molecule has 0 fully saturated rings. The van der Waals surface area contributed by atoms with Crippen molar-refractivity contribution in [3.63, 3.8) is 0 Å². The molecule has 0 radical (unpaired) electrons. The zero-order valence-electron chi connectivity index (χ0n) is 35.0. The lowest BCUT2D eigenvalue weighted by Gasteiger charge is -2.18. The average molecular weight is 745 g/mol. The maximum atomic E-state index is 12.7. The minimum atomic E-state index is -0.790. The van der Waals surface area contributed by atoms with Gasteiger partial charge in [-0.2, -0.15) is 0 Å². The highest BCUT2D eigenvalue weighted by Gasteiger charge is 2.19. The number of hydrogen-bond acceptors (Lipinski definition) is 6. The van der Waals surface area contributed by atoms with Gasteiger partial charge >= 0.3 is 17.9 Å². The second-order valence-electron chi connectivity index (χ2n) is 14.9. The van der Waals surface area contributed by atoms with Gasteiger partial charge in [0.15, 0.2) is 6.10 Å². The molecule has 0 aliphatic rings. The summed E-state index contributed by atoms with van der Waals surface area (Å²) in [6.45, 7) is 6.46. The van der Waals surface area contributed by atoms with Crippen LogP contribution < -0.4 is 0 Å². The van der Waals surface area contributed by atoms with Crippen LogP contribution >= 0.6 is 0 Å². The number of esters is 3. The minimum absolute atomic E-state index is 0.0889. The normalized spacial score (nSPS) is 12.3. The Kier molecular flexibility index (Phi) is 40.5. The predicted octanol–water partition coefficient (Wildman–Crippen LogP) is 14.2. The summed E-state index contributed by atoms with van der Waals surface area (Å²) in [6, 6.07) is 0. The van der Waals surface area contributed by atoms with Crippen molar-refractivity contribution in [3.8, 4) is 0 Å². The zero-order chi connectivity index (χ0) is 38.7. The molecule has 53 heavy (non-hydrogen) atoms. The van der Waals surface area contributed by atoms with Crippen molar-refractivity contribution in [3.05, 3.63) is 36.5 Å². The highest BCUT2D eigenvalue weighted by atomic mass is 16.6. The summed E-state index contributed by atoms with van der Waals surface area (Å²) < 4.78 is 16.6. The summed E-state index contributed by atoms with van der Waals surface area (Å²) in [5.41, 5.74) is 0. The molecular formula is C47H84O6. The topological polar surface area (TPSA) is 78.9 Å². The third kappa shape index (κ3) is 40.6. The maximum absolute atomic E-state index is 12.7. The van der Waals surface area contributed by atoms with Crippen molar-refractivity contribution in [1.29, 1.82) is 0 Å². The number of carbonyl (C=O) groups is 3. The molecule has 0 aromatic carbocycles. The molecule has 0 saturated carbocycles. The first-order valence-electron chi connectivity index (χ1n) is 22.5. The Bertz CT molecular complexity index is 907. The lowest BCUT2D eigenvalue weighted by atomic mass is 10.0. The van der Waals surface area contributed by atoms with Gasteiger partial charge in [0.25, 0.3) is 0 Å². The molecule has 0 spiro atoms. The first kappa shape index (κ1) is 50.6. The summed E-state index contributed by atoms with van der Waals surface area (Å²) in [4.78, 5) is 37.6. The smallest absolute Gasteiger partial charge is 0.306 e. The van der Waals surface area contributed by atoms with Crippen molar-refractivity contribution in [2.75, 3.05) is 13.2 Å². The number of unbranched alkanes of at least 4 members (excludes halogenated alkanes) is 23. The van der Waals surface area contributed by atoms with Crippen LogP contribution in [0.15, 0.2) is 36.5 Å². The van der Waals surface area contributed by atoms with Crippen molar-refractivity contribution in [2.45, 2.75) is 232 Å². The van der Waals surface area contributed by atoms with E-state index >= 15 is 0 Å². The molecule has 1 atom stereocenters. The van der Waals surface area contributed by atoms with Gasteiger partial charge in [0.2, 0.25) is 0 Å². The van der Waals surface area contributed by atoms with Crippen LogP contribution in [0, 0.1) is 0 Å². The molecule has 0 aliphatic carbocycles. The molecule has 0 saturated heterocycles. The molecule has 0 heterocycles. The number of allylic oxidation sites excluding steroid dienone is 6. The molecule has 308 valence electrons. The molecule has 0 aliphatic heterocycles. The second kappa shape index (κ2) is 42.4. The van der Waals surface area contributed by atoms with Crippen LogP contribution in [0.25, 0.3) is 0 Å². The highest BCUT2D eigenvalue weighted by molar-refractivity contribution is 5.71. The molecule has 0 aromatic heterocycles. The van der Waals surface area contributed by atoms with E-state index in [1.165, 1.54) is 116 Å². The monoisotopic (exact) mass is 745 g/mol. The van der Waals surface area contributed by atoms with Gasteiger partial charge in [0.1, 0.15) is 13.2 Å². The fourth-order valence-corrected chi connectivity index (χ4v) is 6.29. The van der Waals surface area contributed by atoms with Gasteiger partial charge in [0.05, 0.1) is 0 Å². The number of hydrogen-bond donors (Lipinski definition) is 0.